The van der Waals surface area contributed by atoms with Gasteiger partial charge < -0.3 is 15.9 Å². The van der Waals surface area contributed by atoms with Crippen molar-refractivity contribution < 1.29 is 15.0 Å². The molecule has 0 fully saturated rings. The number of carboxylic acid groups (broad SMARTS) is 1. The molecular weight excluding hydrogens is 198 g/mol. The van der Waals surface area contributed by atoms with Crippen molar-refractivity contribution in [2.45, 2.75) is 25.7 Å². The molecule has 1 amide bonds. The molecule has 0 aliphatic heterocycles. The number of amides is 1. The van der Waals surface area contributed by atoms with Gasteiger partial charge in [0.2, 0.25) is 0 Å². The van der Waals surface area contributed by atoms with E-state index in [4.69, 9.17) is 15.9 Å². The molecule has 6 heteroatoms. The van der Waals surface area contributed by atoms with Gasteiger partial charge >= 0.3 is 6.09 Å². The summed E-state index contributed by atoms with van der Waals surface area (Å²) in [5.41, 5.74) is 7.96. The van der Waals surface area contributed by atoms with Crippen LogP contribution in [0.5, 0.6) is 0 Å². The van der Waals surface area contributed by atoms with E-state index in [0.717, 1.165) is 30.7 Å². The molecule has 0 aliphatic rings. The highest BCUT2D eigenvalue weighted by Gasteiger charge is 2.09. The highest BCUT2D eigenvalue weighted by molar-refractivity contribution is 5.64. The lowest BCUT2D eigenvalue weighted by Gasteiger charge is -2.19. The van der Waals surface area contributed by atoms with Gasteiger partial charge in [0.25, 0.3) is 0 Å². The van der Waals surface area contributed by atoms with Gasteiger partial charge in [-0.2, -0.15) is 0 Å². The lowest BCUT2D eigenvalue weighted by molar-refractivity contribution is 0.113. The molecule has 6 nitrogen and oxygen atoms in total. The molecular formula is C9H21N3O3. The molecule has 0 unspecified atom stereocenters. The second kappa shape index (κ2) is 9.70. The SMILES string of the molecule is NCCCCCCN(NCCO)C(=O)O. The van der Waals surface area contributed by atoms with Gasteiger partial charge in [-0.3, -0.25) is 0 Å². The predicted molar refractivity (Wildman–Crippen MR) is 57.3 cm³/mol. The molecule has 0 heterocycles. The number of nitrogens with two attached hydrogens (primary N) is 1. The monoisotopic (exact) mass is 219 g/mol. The Labute approximate surface area is 90.0 Å². The summed E-state index contributed by atoms with van der Waals surface area (Å²) >= 11 is 0. The Bertz CT molecular complexity index is 167. The lowest BCUT2D eigenvalue weighted by atomic mass is 10.2. The van der Waals surface area contributed by atoms with Crippen molar-refractivity contribution >= 4 is 6.09 Å². The summed E-state index contributed by atoms with van der Waals surface area (Å²) in [7, 11) is 0. The number of nitrogens with one attached hydrogen (secondary N) is 1. The summed E-state index contributed by atoms with van der Waals surface area (Å²) in [5.74, 6) is 0. The van der Waals surface area contributed by atoms with Crippen LogP contribution in [0.4, 0.5) is 4.79 Å². The Balaban J connectivity index is 3.53. The largest absolute Gasteiger partial charge is 0.464 e. The van der Waals surface area contributed by atoms with Gasteiger partial charge in [-0.05, 0) is 19.4 Å². The lowest BCUT2D eigenvalue weighted by Crippen LogP contribution is -2.43. The van der Waals surface area contributed by atoms with E-state index in [2.05, 4.69) is 5.43 Å². The van der Waals surface area contributed by atoms with Crippen molar-refractivity contribution in [3.05, 3.63) is 0 Å². The average molecular weight is 219 g/mol. The normalized spacial score (nSPS) is 10.3. The minimum absolute atomic E-state index is 0.0725. The van der Waals surface area contributed by atoms with Crippen LogP contribution in [-0.2, 0) is 0 Å². The van der Waals surface area contributed by atoms with Crippen molar-refractivity contribution in [2.75, 3.05) is 26.2 Å². The van der Waals surface area contributed by atoms with Gasteiger partial charge in [0.15, 0.2) is 0 Å². The molecule has 0 spiro atoms. The van der Waals surface area contributed by atoms with E-state index in [0.29, 0.717) is 13.1 Å². The number of hydrazine groups is 1. The number of hydrogen-bond acceptors (Lipinski definition) is 4. The molecule has 0 bridgehead atoms. The molecule has 0 radical (unpaired) electrons. The maximum absolute atomic E-state index is 10.7. The van der Waals surface area contributed by atoms with Crippen molar-refractivity contribution in [3.63, 3.8) is 0 Å². The van der Waals surface area contributed by atoms with E-state index in [1.165, 1.54) is 0 Å². The van der Waals surface area contributed by atoms with E-state index in [1.54, 1.807) is 0 Å². The van der Waals surface area contributed by atoms with Gasteiger partial charge in [-0.15, -0.1) is 0 Å². The minimum Gasteiger partial charge on any atom is -0.464 e. The average Bonchev–Trinajstić information content (AvgIpc) is 2.21. The Morgan fingerprint density at radius 1 is 1.27 bits per heavy atom. The zero-order valence-corrected chi connectivity index (χ0v) is 8.98. The Hall–Kier alpha value is -0.850. The second-order valence-corrected chi connectivity index (χ2v) is 3.27. The minimum atomic E-state index is -1.01. The van der Waals surface area contributed by atoms with Crippen LogP contribution in [0.15, 0.2) is 0 Å². The molecule has 15 heavy (non-hydrogen) atoms. The molecule has 5 N–H and O–H groups in total. The van der Waals surface area contributed by atoms with Gasteiger partial charge in [-0.1, -0.05) is 12.8 Å². The van der Waals surface area contributed by atoms with Gasteiger partial charge in [-0.25, -0.2) is 15.2 Å². The van der Waals surface area contributed by atoms with Crippen LogP contribution < -0.4 is 11.2 Å². The van der Waals surface area contributed by atoms with Crippen LogP contribution in [0.25, 0.3) is 0 Å². The topological polar surface area (TPSA) is 98.8 Å². The maximum atomic E-state index is 10.7. The zero-order valence-electron chi connectivity index (χ0n) is 8.98. The van der Waals surface area contributed by atoms with E-state index < -0.39 is 6.09 Å². The summed E-state index contributed by atoms with van der Waals surface area (Å²) in [4.78, 5) is 10.7. The molecule has 0 aromatic heterocycles. The first kappa shape index (κ1) is 14.2. The first-order valence-electron chi connectivity index (χ1n) is 5.27. The Kier molecular flexibility index (Phi) is 9.15. The van der Waals surface area contributed by atoms with Crippen molar-refractivity contribution in [1.29, 1.82) is 0 Å². The fourth-order valence-electron chi connectivity index (χ4n) is 1.20. The number of carbonyl (C=O) groups is 1. The molecule has 0 rings (SSSR count). The van der Waals surface area contributed by atoms with Crippen LogP contribution in [-0.4, -0.2) is 47.6 Å². The molecule has 0 aromatic carbocycles. The summed E-state index contributed by atoms with van der Waals surface area (Å²) in [6.45, 7) is 1.32. The third kappa shape index (κ3) is 8.17. The Morgan fingerprint density at radius 2 is 1.93 bits per heavy atom. The third-order valence-corrected chi connectivity index (χ3v) is 1.98. The number of hydrogen-bond donors (Lipinski definition) is 4. The summed E-state index contributed by atoms with van der Waals surface area (Å²) < 4.78 is 0. The van der Waals surface area contributed by atoms with Crippen LogP contribution in [0.3, 0.4) is 0 Å². The van der Waals surface area contributed by atoms with E-state index in [9.17, 15) is 4.79 Å². The molecule has 0 aliphatic carbocycles. The van der Waals surface area contributed by atoms with Gasteiger partial charge in [0, 0.05) is 13.1 Å². The van der Waals surface area contributed by atoms with Crippen LogP contribution in [0, 0.1) is 0 Å². The fraction of sp³-hybridized carbons (Fsp3) is 0.889. The molecule has 0 saturated carbocycles. The second-order valence-electron chi connectivity index (χ2n) is 3.27. The van der Waals surface area contributed by atoms with E-state index in [1.807, 2.05) is 0 Å². The first-order valence-corrected chi connectivity index (χ1v) is 5.27. The summed E-state index contributed by atoms with van der Waals surface area (Å²) in [5, 5.41) is 18.4. The number of aliphatic hydroxyl groups excluding tert-OH is 1. The third-order valence-electron chi connectivity index (χ3n) is 1.98. The predicted octanol–water partition coefficient (Wildman–Crippen LogP) is -0.0176. The number of aliphatic hydroxyl groups is 1. The highest BCUT2D eigenvalue weighted by Crippen LogP contribution is 2.00. The van der Waals surface area contributed by atoms with Crippen molar-refractivity contribution in [1.82, 2.24) is 10.4 Å². The van der Waals surface area contributed by atoms with Crippen LogP contribution in [0.2, 0.25) is 0 Å². The zero-order chi connectivity index (χ0) is 11.5. The molecule has 90 valence electrons. The fourth-order valence-corrected chi connectivity index (χ4v) is 1.20. The standard InChI is InChI=1S/C9H21N3O3/c10-5-3-1-2-4-7-12(9(14)15)11-6-8-13/h11,13H,1-8,10H2,(H,14,15). The van der Waals surface area contributed by atoms with Crippen molar-refractivity contribution in [2.24, 2.45) is 5.73 Å². The number of unbranched alkanes of at least 4 members (excludes halogenated alkanes) is 3. The maximum Gasteiger partial charge on any atom is 0.421 e. The van der Waals surface area contributed by atoms with E-state index in [-0.39, 0.29) is 13.2 Å². The summed E-state index contributed by atoms with van der Waals surface area (Å²) in [6.07, 6.45) is 2.79. The van der Waals surface area contributed by atoms with Crippen LogP contribution >= 0.6 is 0 Å². The highest BCUT2D eigenvalue weighted by atomic mass is 16.4. The van der Waals surface area contributed by atoms with Gasteiger partial charge in [0.1, 0.15) is 0 Å². The smallest absolute Gasteiger partial charge is 0.421 e. The first-order chi connectivity index (χ1) is 7.22. The van der Waals surface area contributed by atoms with E-state index >= 15 is 0 Å². The molecule has 0 saturated heterocycles. The van der Waals surface area contributed by atoms with Crippen molar-refractivity contribution in [3.8, 4) is 0 Å². The number of nitrogens with zero attached hydrogens (tertiary/aromatic N) is 1. The Morgan fingerprint density at radius 3 is 2.47 bits per heavy atom. The number of rotatable bonds is 9. The van der Waals surface area contributed by atoms with Gasteiger partial charge in [0.05, 0.1) is 6.61 Å². The van der Waals surface area contributed by atoms with Crippen LogP contribution in [0.1, 0.15) is 25.7 Å². The quantitative estimate of drug-likeness (QED) is 0.323. The molecule has 0 aromatic rings. The molecule has 0 atom stereocenters. The summed E-state index contributed by atoms with van der Waals surface area (Å²) in [6, 6.07) is 0.